The van der Waals surface area contributed by atoms with E-state index < -0.39 is 0 Å². The number of hydrogen-bond donors (Lipinski definition) is 3. The number of fused-ring (bicyclic) bond motifs is 1. The Balaban J connectivity index is 1.40. The van der Waals surface area contributed by atoms with Gasteiger partial charge in [-0.2, -0.15) is 0 Å². The van der Waals surface area contributed by atoms with Crippen LogP contribution in [0.2, 0.25) is 0 Å². The summed E-state index contributed by atoms with van der Waals surface area (Å²) in [5, 5.41) is 9.03. The quantitative estimate of drug-likeness (QED) is 0.472. The highest BCUT2D eigenvalue weighted by Crippen LogP contribution is 2.34. The van der Waals surface area contributed by atoms with E-state index in [9.17, 15) is 9.59 Å². The molecule has 3 aromatic rings. The Bertz CT molecular complexity index is 1130. The van der Waals surface area contributed by atoms with Gasteiger partial charge in [0.15, 0.2) is 11.5 Å². The molecule has 7 nitrogen and oxygen atoms in total. The van der Waals surface area contributed by atoms with Gasteiger partial charge in [-0.05, 0) is 35.7 Å². The molecule has 1 heterocycles. The molecule has 0 bridgehead atoms. The summed E-state index contributed by atoms with van der Waals surface area (Å²) < 4.78 is 10.7. The van der Waals surface area contributed by atoms with E-state index in [1.807, 2.05) is 30.3 Å². The van der Waals surface area contributed by atoms with Gasteiger partial charge in [0.05, 0.1) is 17.8 Å². The number of carbonyl (C=O) groups excluding carboxylic acids is 2. The van der Waals surface area contributed by atoms with E-state index in [0.717, 1.165) is 5.56 Å². The zero-order valence-electron chi connectivity index (χ0n) is 18.6. The minimum absolute atomic E-state index is 0.0431. The molecule has 0 radical (unpaired) electrons. The smallest absolute Gasteiger partial charge is 0.257 e. The molecule has 0 aliphatic carbocycles. The Morgan fingerprint density at radius 1 is 0.879 bits per heavy atom. The van der Waals surface area contributed by atoms with Crippen molar-refractivity contribution in [1.82, 2.24) is 5.32 Å². The fourth-order valence-corrected chi connectivity index (χ4v) is 3.76. The second-order valence-electron chi connectivity index (χ2n) is 8.13. The van der Waals surface area contributed by atoms with Gasteiger partial charge in [-0.15, -0.1) is 0 Å². The lowest BCUT2D eigenvalue weighted by atomic mass is 9.96. The Morgan fingerprint density at radius 3 is 2.39 bits per heavy atom. The topological polar surface area (TPSA) is 88.7 Å². The zero-order valence-corrected chi connectivity index (χ0v) is 18.6. The molecule has 0 saturated heterocycles. The molecule has 0 spiro atoms. The molecule has 2 amide bonds. The summed E-state index contributed by atoms with van der Waals surface area (Å²) in [5.41, 5.74) is 2.52. The largest absolute Gasteiger partial charge is 0.454 e. The minimum Gasteiger partial charge on any atom is -0.454 e. The molecule has 33 heavy (non-hydrogen) atoms. The molecule has 0 fully saturated rings. The first-order valence-electron chi connectivity index (χ1n) is 10.9. The van der Waals surface area contributed by atoms with Gasteiger partial charge in [0, 0.05) is 17.8 Å². The van der Waals surface area contributed by atoms with Crippen LogP contribution in [0.4, 0.5) is 11.4 Å². The van der Waals surface area contributed by atoms with Crippen LogP contribution < -0.4 is 25.4 Å². The van der Waals surface area contributed by atoms with Crippen LogP contribution >= 0.6 is 0 Å². The highest BCUT2D eigenvalue weighted by molar-refractivity contribution is 6.10. The summed E-state index contributed by atoms with van der Waals surface area (Å²) in [6.45, 7) is 4.50. The number of rotatable bonds is 8. The Hall–Kier alpha value is -3.84. The van der Waals surface area contributed by atoms with Crippen molar-refractivity contribution in [1.29, 1.82) is 0 Å². The van der Waals surface area contributed by atoms with E-state index in [2.05, 4.69) is 29.8 Å². The van der Waals surface area contributed by atoms with E-state index in [1.54, 1.807) is 42.5 Å². The van der Waals surface area contributed by atoms with E-state index >= 15 is 0 Å². The van der Waals surface area contributed by atoms with Crippen LogP contribution in [0.25, 0.3) is 0 Å². The molecule has 1 atom stereocenters. The average Bonchev–Trinajstić information content (AvgIpc) is 3.28. The molecule has 7 heteroatoms. The first kappa shape index (κ1) is 22.4. The Kier molecular flexibility index (Phi) is 6.90. The number of para-hydroxylation sites is 1. The summed E-state index contributed by atoms with van der Waals surface area (Å²) in [5.74, 6) is 0.976. The number of carbonyl (C=O) groups is 2. The fraction of sp³-hybridized carbons (Fsp3) is 0.231. The predicted molar refractivity (Wildman–Crippen MR) is 128 cm³/mol. The predicted octanol–water partition coefficient (Wildman–Crippen LogP) is 4.59. The van der Waals surface area contributed by atoms with Crippen molar-refractivity contribution in [2.75, 3.05) is 24.0 Å². The molecule has 3 aromatic carbocycles. The van der Waals surface area contributed by atoms with Crippen LogP contribution in [0.3, 0.4) is 0 Å². The highest BCUT2D eigenvalue weighted by Gasteiger charge is 2.19. The number of amides is 2. The lowest BCUT2D eigenvalue weighted by Gasteiger charge is -2.23. The van der Waals surface area contributed by atoms with Gasteiger partial charge in [0.25, 0.3) is 5.91 Å². The molecule has 0 saturated carbocycles. The molecule has 170 valence electrons. The molecule has 0 aromatic heterocycles. The van der Waals surface area contributed by atoms with Crippen molar-refractivity contribution >= 4 is 23.2 Å². The maximum Gasteiger partial charge on any atom is 0.257 e. The Labute approximate surface area is 193 Å². The molecular formula is C26H27N3O4. The standard InChI is InChI=1S/C26H27N3O4/c1-17(2)25(18-8-4-3-5-9-18)27-15-24(30)29-21-11-7-6-10-20(21)26(31)28-19-12-13-22-23(14-19)33-16-32-22/h3-14,17,25,27H,15-16H2,1-2H3,(H,28,31)(H,29,30). The summed E-state index contributed by atoms with van der Waals surface area (Å²) in [6, 6.07) is 22.2. The van der Waals surface area contributed by atoms with Crippen molar-refractivity contribution in [3.63, 3.8) is 0 Å². The molecule has 4 rings (SSSR count). The number of anilines is 2. The van der Waals surface area contributed by atoms with Gasteiger partial charge in [-0.1, -0.05) is 56.3 Å². The maximum atomic E-state index is 12.9. The van der Waals surface area contributed by atoms with Crippen molar-refractivity contribution in [2.45, 2.75) is 19.9 Å². The molecule has 3 N–H and O–H groups in total. The second-order valence-corrected chi connectivity index (χ2v) is 8.13. The average molecular weight is 446 g/mol. The van der Waals surface area contributed by atoms with Crippen molar-refractivity contribution in [3.05, 3.63) is 83.9 Å². The number of ether oxygens (including phenoxy) is 2. The SMILES string of the molecule is CC(C)C(NCC(=O)Nc1ccccc1C(=O)Nc1ccc2c(c1)OCO2)c1ccccc1. The van der Waals surface area contributed by atoms with E-state index in [-0.39, 0.29) is 31.2 Å². The summed E-state index contributed by atoms with van der Waals surface area (Å²) in [6.07, 6.45) is 0. The molecule has 1 aliphatic rings. The van der Waals surface area contributed by atoms with Gasteiger partial charge in [0.1, 0.15) is 0 Å². The van der Waals surface area contributed by atoms with E-state index in [0.29, 0.717) is 34.4 Å². The van der Waals surface area contributed by atoms with Gasteiger partial charge >= 0.3 is 0 Å². The molecule has 1 aliphatic heterocycles. The third-order valence-electron chi connectivity index (χ3n) is 5.38. The molecular weight excluding hydrogens is 418 g/mol. The Morgan fingerprint density at radius 2 is 1.61 bits per heavy atom. The lowest BCUT2D eigenvalue weighted by Crippen LogP contribution is -2.34. The van der Waals surface area contributed by atoms with Gasteiger partial charge < -0.3 is 25.4 Å². The minimum atomic E-state index is -0.331. The van der Waals surface area contributed by atoms with E-state index in [1.165, 1.54) is 0 Å². The second kappa shape index (κ2) is 10.2. The number of benzene rings is 3. The first-order valence-corrected chi connectivity index (χ1v) is 10.9. The van der Waals surface area contributed by atoms with Gasteiger partial charge in [-0.3, -0.25) is 9.59 Å². The summed E-state index contributed by atoms with van der Waals surface area (Å²) in [4.78, 5) is 25.6. The monoisotopic (exact) mass is 445 g/mol. The number of nitrogens with one attached hydrogen (secondary N) is 3. The van der Waals surface area contributed by atoms with Gasteiger partial charge in [0.2, 0.25) is 12.7 Å². The fourth-order valence-electron chi connectivity index (χ4n) is 3.76. The highest BCUT2D eigenvalue weighted by atomic mass is 16.7. The maximum absolute atomic E-state index is 12.9. The number of hydrogen-bond acceptors (Lipinski definition) is 5. The lowest BCUT2D eigenvalue weighted by molar-refractivity contribution is -0.115. The van der Waals surface area contributed by atoms with Crippen LogP contribution in [0.5, 0.6) is 11.5 Å². The van der Waals surface area contributed by atoms with Crippen molar-refractivity contribution in [2.24, 2.45) is 5.92 Å². The third kappa shape index (κ3) is 5.51. The van der Waals surface area contributed by atoms with Crippen LogP contribution in [-0.4, -0.2) is 25.2 Å². The van der Waals surface area contributed by atoms with Crippen LogP contribution in [0.15, 0.2) is 72.8 Å². The van der Waals surface area contributed by atoms with Crippen LogP contribution in [-0.2, 0) is 4.79 Å². The summed E-state index contributed by atoms with van der Waals surface area (Å²) >= 11 is 0. The first-order chi connectivity index (χ1) is 16.0. The van der Waals surface area contributed by atoms with Gasteiger partial charge in [-0.25, -0.2) is 0 Å². The molecule has 1 unspecified atom stereocenters. The van der Waals surface area contributed by atoms with Crippen molar-refractivity contribution in [3.8, 4) is 11.5 Å². The summed E-state index contributed by atoms with van der Waals surface area (Å²) in [7, 11) is 0. The van der Waals surface area contributed by atoms with E-state index in [4.69, 9.17) is 9.47 Å². The van der Waals surface area contributed by atoms with Crippen molar-refractivity contribution < 1.29 is 19.1 Å². The normalized spacial score (nSPS) is 12.9. The van der Waals surface area contributed by atoms with Crippen LogP contribution in [0.1, 0.15) is 35.8 Å². The third-order valence-corrected chi connectivity index (χ3v) is 5.38. The zero-order chi connectivity index (χ0) is 23.2. The van der Waals surface area contributed by atoms with Crippen LogP contribution in [0, 0.1) is 5.92 Å².